The van der Waals surface area contributed by atoms with Crippen LogP contribution >= 0.6 is 0 Å². The van der Waals surface area contributed by atoms with E-state index in [-0.39, 0.29) is 17.9 Å². The number of carbonyl (C=O) groups is 1. The summed E-state index contributed by atoms with van der Waals surface area (Å²) in [6.07, 6.45) is -0.883. The van der Waals surface area contributed by atoms with Gasteiger partial charge in [0.1, 0.15) is 17.6 Å². The smallest absolute Gasteiger partial charge is 0.379 e. The standard InChI is InChI=1S/C21H27F3N6O2/c1-11-17-19(29(3)18(12(2)32-4)20(31)27-17)26-16(25-11)9-13-7-14(8-13)10-30-6-5-15(28-30)21(22,23)24/h5-6,12-14,18H,7-10H2,1-4H3,(H,27,31)/t12-,13?,14?,18+/m1/s1. The minimum absolute atomic E-state index is 0.150. The molecule has 1 aliphatic heterocycles. The fourth-order valence-electron chi connectivity index (χ4n) is 4.60. The summed E-state index contributed by atoms with van der Waals surface area (Å²) in [5.41, 5.74) is 0.468. The molecule has 4 rings (SSSR count). The number of fused-ring (bicyclic) bond motifs is 1. The number of aromatic nitrogens is 4. The Kier molecular flexibility index (Phi) is 5.87. The third-order valence-electron chi connectivity index (χ3n) is 6.38. The first-order valence-electron chi connectivity index (χ1n) is 10.6. The molecule has 1 amide bonds. The first-order chi connectivity index (χ1) is 15.1. The van der Waals surface area contributed by atoms with Crippen molar-refractivity contribution in [1.82, 2.24) is 19.7 Å². The van der Waals surface area contributed by atoms with Gasteiger partial charge in [0, 0.05) is 33.3 Å². The number of hydrogen-bond acceptors (Lipinski definition) is 6. The zero-order chi connectivity index (χ0) is 23.2. The lowest BCUT2D eigenvalue weighted by atomic mass is 9.73. The Hall–Kier alpha value is -2.69. The van der Waals surface area contributed by atoms with Gasteiger partial charge in [-0.25, -0.2) is 9.97 Å². The van der Waals surface area contributed by atoms with E-state index in [4.69, 9.17) is 9.72 Å². The molecule has 1 fully saturated rings. The molecule has 0 spiro atoms. The highest BCUT2D eigenvalue weighted by Gasteiger charge is 2.38. The van der Waals surface area contributed by atoms with Crippen molar-refractivity contribution >= 4 is 17.4 Å². The number of alkyl halides is 3. The number of carbonyl (C=O) groups excluding carboxylic acids is 1. The van der Waals surface area contributed by atoms with E-state index in [1.807, 2.05) is 25.8 Å². The maximum Gasteiger partial charge on any atom is 0.435 e. The molecule has 32 heavy (non-hydrogen) atoms. The number of nitrogens with one attached hydrogen (secondary N) is 1. The summed E-state index contributed by atoms with van der Waals surface area (Å²) in [5.74, 6) is 1.88. The predicted octanol–water partition coefficient (Wildman–Crippen LogP) is 3.06. The number of aryl methyl sites for hydroxylation is 1. The molecular weight excluding hydrogens is 425 g/mol. The predicted molar refractivity (Wildman–Crippen MR) is 111 cm³/mol. The molecule has 1 aliphatic carbocycles. The van der Waals surface area contributed by atoms with E-state index in [0.29, 0.717) is 41.9 Å². The number of likely N-dealkylation sites (N-methyl/N-ethyl adjacent to an activating group) is 1. The van der Waals surface area contributed by atoms with Crippen LogP contribution in [0.5, 0.6) is 0 Å². The summed E-state index contributed by atoms with van der Waals surface area (Å²) in [5, 5.41) is 6.54. The van der Waals surface area contributed by atoms with Crippen molar-refractivity contribution in [3.05, 3.63) is 29.5 Å². The Morgan fingerprint density at radius 2 is 2.00 bits per heavy atom. The summed E-state index contributed by atoms with van der Waals surface area (Å²) in [4.78, 5) is 23.7. The lowest BCUT2D eigenvalue weighted by Gasteiger charge is -2.38. The van der Waals surface area contributed by atoms with Gasteiger partial charge in [0.25, 0.3) is 0 Å². The van der Waals surface area contributed by atoms with Gasteiger partial charge in [0.05, 0.1) is 11.8 Å². The SMILES string of the molecule is CO[C@H](C)[C@H]1C(=O)Nc2c(C)nc(CC3CC(Cn4ccc(C(F)(F)F)n4)C3)nc2N1C. The highest BCUT2D eigenvalue weighted by Crippen LogP contribution is 2.38. The molecule has 8 nitrogen and oxygen atoms in total. The zero-order valence-electron chi connectivity index (χ0n) is 18.5. The number of methoxy groups -OCH3 is 1. The molecule has 2 aliphatic rings. The van der Waals surface area contributed by atoms with Crippen LogP contribution in [0.15, 0.2) is 12.3 Å². The monoisotopic (exact) mass is 452 g/mol. The molecule has 0 bridgehead atoms. The largest absolute Gasteiger partial charge is 0.435 e. The van der Waals surface area contributed by atoms with Gasteiger partial charge in [0.15, 0.2) is 11.5 Å². The Bertz CT molecular complexity index is 1000. The summed E-state index contributed by atoms with van der Waals surface area (Å²) in [7, 11) is 3.39. The van der Waals surface area contributed by atoms with E-state index in [1.165, 1.54) is 10.9 Å². The van der Waals surface area contributed by atoms with Crippen LogP contribution in [0.25, 0.3) is 0 Å². The second-order valence-electron chi connectivity index (χ2n) is 8.74. The van der Waals surface area contributed by atoms with E-state index < -0.39 is 17.9 Å². The summed E-state index contributed by atoms with van der Waals surface area (Å²) in [6, 6.07) is 0.519. The lowest BCUT2D eigenvalue weighted by Crippen LogP contribution is -2.53. The minimum Gasteiger partial charge on any atom is -0.379 e. The van der Waals surface area contributed by atoms with Gasteiger partial charge in [-0.1, -0.05) is 0 Å². The number of rotatable bonds is 6. The van der Waals surface area contributed by atoms with Gasteiger partial charge in [-0.2, -0.15) is 18.3 Å². The second kappa shape index (κ2) is 8.34. The van der Waals surface area contributed by atoms with Crippen LogP contribution in [0.1, 0.15) is 37.0 Å². The Morgan fingerprint density at radius 1 is 1.28 bits per heavy atom. The van der Waals surface area contributed by atoms with Crippen LogP contribution in [0.2, 0.25) is 0 Å². The van der Waals surface area contributed by atoms with Gasteiger partial charge in [0.2, 0.25) is 5.91 Å². The minimum atomic E-state index is -4.41. The summed E-state index contributed by atoms with van der Waals surface area (Å²) >= 11 is 0. The van der Waals surface area contributed by atoms with Gasteiger partial charge in [-0.3, -0.25) is 9.48 Å². The molecule has 1 N–H and O–H groups in total. The van der Waals surface area contributed by atoms with Crippen molar-refractivity contribution in [3.63, 3.8) is 0 Å². The third kappa shape index (κ3) is 4.30. The summed E-state index contributed by atoms with van der Waals surface area (Å²) in [6.45, 7) is 4.16. The molecule has 0 saturated heterocycles. The maximum absolute atomic E-state index is 12.7. The Labute approximate surface area is 184 Å². The first-order valence-corrected chi connectivity index (χ1v) is 10.6. The molecule has 2 aromatic heterocycles. The normalized spacial score (nSPS) is 24.0. The number of halogens is 3. The van der Waals surface area contributed by atoms with E-state index in [0.717, 1.165) is 18.9 Å². The van der Waals surface area contributed by atoms with Gasteiger partial charge < -0.3 is 15.0 Å². The molecule has 3 heterocycles. The van der Waals surface area contributed by atoms with Crippen LogP contribution in [0, 0.1) is 18.8 Å². The highest BCUT2D eigenvalue weighted by atomic mass is 19.4. The fourth-order valence-corrected chi connectivity index (χ4v) is 4.60. The van der Waals surface area contributed by atoms with Crippen molar-refractivity contribution in [1.29, 1.82) is 0 Å². The summed E-state index contributed by atoms with van der Waals surface area (Å²) < 4.78 is 44.9. The number of ether oxygens (including phenoxy) is 1. The van der Waals surface area contributed by atoms with E-state index in [9.17, 15) is 18.0 Å². The van der Waals surface area contributed by atoms with Crippen molar-refractivity contribution in [2.24, 2.45) is 11.8 Å². The van der Waals surface area contributed by atoms with Crippen LogP contribution in [-0.4, -0.2) is 52.0 Å². The van der Waals surface area contributed by atoms with E-state index >= 15 is 0 Å². The zero-order valence-corrected chi connectivity index (χ0v) is 18.5. The quantitative estimate of drug-likeness (QED) is 0.725. The Morgan fingerprint density at radius 3 is 2.62 bits per heavy atom. The molecule has 11 heteroatoms. The van der Waals surface area contributed by atoms with Crippen LogP contribution < -0.4 is 10.2 Å². The number of anilines is 2. The van der Waals surface area contributed by atoms with Crippen LogP contribution in [0.3, 0.4) is 0 Å². The van der Waals surface area contributed by atoms with Crippen molar-refractivity contribution in [2.45, 2.75) is 58.0 Å². The van der Waals surface area contributed by atoms with Crippen LogP contribution in [-0.2, 0) is 28.7 Å². The highest BCUT2D eigenvalue weighted by molar-refractivity contribution is 6.03. The van der Waals surface area contributed by atoms with Gasteiger partial charge in [-0.15, -0.1) is 0 Å². The first kappa shape index (κ1) is 22.5. The molecule has 2 atom stereocenters. The van der Waals surface area contributed by atoms with Crippen molar-refractivity contribution in [2.75, 3.05) is 24.4 Å². The molecule has 0 aromatic carbocycles. The molecule has 0 unspecified atom stereocenters. The topological polar surface area (TPSA) is 85.2 Å². The molecular formula is C21H27F3N6O2. The fraction of sp³-hybridized carbons (Fsp3) is 0.619. The molecule has 0 radical (unpaired) electrons. The lowest BCUT2D eigenvalue weighted by molar-refractivity contribution is -0.141. The van der Waals surface area contributed by atoms with E-state index in [1.54, 1.807) is 7.11 Å². The number of hydrogen-bond donors (Lipinski definition) is 1. The number of nitrogens with zero attached hydrogens (tertiary/aromatic N) is 5. The van der Waals surface area contributed by atoms with Gasteiger partial charge in [-0.05, 0) is 44.6 Å². The van der Waals surface area contributed by atoms with Crippen molar-refractivity contribution < 1.29 is 22.7 Å². The van der Waals surface area contributed by atoms with Crippen molar-refractivity contribution in [3.8, 4) is 0 Å². The number of amides is 1. The van der Waals surface area contributed by atoms with Gasteiger partial charge >= 0.3 is 6.18 Å². The second-order valence-corrected chi connectivity index (χ2v) is 8.74. The maximum atomic E-state index is 12.7. The third-order valence-corrected chi connectivity index (χ3v) is 6.38. The molecule has 2 aromatic rings. The van der Waals surface area contributed by atoms with Crippen LogP contribution in [0.4, 0.5) is 24.7 Å². The van der Waals surface area contributed by atoms with E-state index in [2.05, 4.69) is 15.4 Å². The molecule has 1 saturated carbocycles. The average Bonchev–Trinajstić information content (AvgIpc) is 3.16. The molecule has 174 valence electrons. The Balaban J connectivity index is 1.39. The average molecular weight is 452 g/mol.